The number of urea groups is 1. The van der Waals surface area contributed by atoms with E-state index in [1.165, 1.54) is 0 Å². The van der Waals surface area contributed by atoms with Crippen molar-refractivity contribution in [3.05, 3.63) is 0 Å². The highest BCUT2D eigenvalue weighted by atomic mass is 16.4. The van der Waals surface area contributed by atoms with Crippen LogP contribution < -0.4 is 5.32 Å². The Hall–Kier alpha value is -1.30. The van der Waals surface area contributed by atoms with Gasteiger partial charge in [0.2, 0.25) is 0 Å². The SMILES string of the molecule is CCC(C)[C@H](NC(=O)N1CCCCC1CCO)C(=O)O. The van der Waals surface area contributed by atoms with Gasteiger partial charge in [-0.25, -0.2) is 9.59 Å². The highest BCUT2D eigenvalue weighted by Crippen LogP contribution is 2.20. The number of amides is 2. The Balaban J connectivity index is 2.68. The lowest BCUT2D eigenvalue weighted by atomic mass is 9.98. The minimum atomic E-state index is -0.997. The largest absolute Gasteiger partial charge is 0.480 e. The predicted molar refractivity (Wildman–Crippen MR) is 75.5 cm³/mol. The first-order valence-electron chi connectivity index (χ1n) is 7.42. The predicted octanol–water partition coefficient (Wildman–Crippen LogP) is 1.43. The molecule has 20 heavy (non-hydrogen) atoms. The van der Waals surface area contributed by atoms with Crippen LogP contribution in [0.1, 0.15) is 46.0 Å². The van der Waals surface area contributed by atoms with Crippen molar-refractivity contribution in [3.63, 3.8) is 0 Å². The molecular weight excluding hydrogens is 260 g/mol. The molecule has 0 bridgehead atoms. The zero-order valence-electron chi connectivity index (χ0n) is 12.3. The maximum atomic E-state index is 12.3. The van der Waals surface area contributed by atoms with E-state index < -0.39 is 12.0 Å². The van der Waals surface area contributed by atoms with E-state index >= 15 is 0 Å². The molecule has 0 radical (unpaired) electrons. The van der Waals surface area contributed by atoms with Crippen LogP contribution in [0, 0.1) is 5.92 Å². The summed E-state index contributed by atoms with van der Waals surface area (Å²) in [6, 6.07) is -1.17. The summed E-state index contributed by atoms with van der Waals surface area (Å²) >= 11 is 0. The van der Waals surface area contributed by atoms with Gasteiger partial charge in [0.05, 0.1) is 0 Å². The highest BCUT2D eigenvalue weighted by Gasteiger charge is 2.31. The summed E-state index contributed by atoms with van der Waals surface area (Å²) in [7, 11) is 0. The molecule has 0 aromatic carbocycles. The number of hydrogen-bond donors (Lipinski definition) is 3. The number of nitrogens with zero attached hydrogens (tertiary/aromatic N) is 1. The Morgan fingerprint density at radius 2 is 2.10 bits per heavy atom. The van der Waals surface area contributed by atoms with E-state index in [2.05, 4.69) is 5.32 Å². The van der Waals surface area contributed by atoms with Gasteiger partial charge in [-0.2, -0.15) is 0 Å². The van der Waals surface area contributed by atoms with E-state index in [1.54, 1.807) is 4.90 Å². The van der Waals surface area contributed by atoms with E-state index in [0.29, 0.717) is 19.4 Å². The number of rotatable bonds is 6. The molecule has 1 rings (SSSR count). The molecule has 0 aromatic rings. The van der Waals surface area contributed by atoms with Gasteiger partial charge in [-0.05, 0) is 31.6 Å². The van der Waals surface area contributed by atoms with E-state index in [1.807, 2.05) is 13.8 Å². The van der Waals surface area contributed by atoms with Gasteiger partial charge < -0.3 is 20.4 Å². The summed E-state index contributed by atoms with van der Waals surface area (Å²) in [5.74, 6) is -1.11. The first-order chi connectivity index (χ1) is 9.51. The van der Waals surface area contributed by atoms with Crippen molar-refractivity contribution in [3.8, 4) is 0 Å². The van der Waals surface area contributed by atoms with Gasteiger partial charge >= 0.3 is 12.0 Å². The molecule has 3 N–H and O–H groups in total. The molecule has 1 aliphatic rings. The molecule has 1 heterocycles. The first-order valence-corrected chi connectivity index (χ1v) is 7.42. The number of carboxylic acid groups (broad SMARTS) is 1. The lowest BCUT2D eigenvalue weighted by molar-refractivity contribution is -0.140. The molecule has 6 heteroatoms. The number of carbonyl (C=O) groups excluding carboxylic acids is 1. The van der Waals surface area contributed by atoms with Crippen molar-refractivity contribution in [1.82, 2.24) is 10.2 Å². The maximum Gasteiger partial charge on any atom is 0.326 e. The molecule has 1 aliphatic heterocycles. The Labute approximate surface area is 120 Å². The normalized spacial score (nSPS) is 22.1. The zero-order chi connectivity index (χ0) is 15.1. The second-order valence-corrected chi connectivity index (χ2v) is 5.51. The van der Waals surface area contributed by atoms with Crippen LogP contribution in [-0.4, -0.2) is 52.3 Å². The second-order valence-electron chi connectivity index (χ2n) is 5.51. The van der Waals surface area contributed by atoms with Crippen molar-refractivity contribution in [1.29, 1.82) is 0 Å². The third-order valence-electron chi connectivity index (χ3n) is 4.11. The van der Waals surface area contributed by atoms with E-state index in [9.17, 15) is 14.7 Å². The summed E-state index contributed by atoms with van der Waals surface area (Å²) in [6.45, 7) is 4.40. The molecule has 0 spiro atoms. The van der Waals surface area contributed by atoms with Gasteiger partial charge in [0.15, 0.2) is 0 Å². The molecule has 3 atom stereocenters. The fraction of sp³-hybridized carbons (Fsp3) is 0.857. The topological polar surface area (TPSA) is 89.9 Å². The van der Waals surface area contributed by atoms with Crippen LogP contribution >= 0.6 is 0 Å². The smallest absolute Gasteiger partial charge is 0.326 e. The Kier molecular flexibility index (Phi) is 6.78. The molecule has 1 saturated heterocycles. The van der Waals surface area contributed by atoms with Gasteiger partial charge in [-0.15, -0.1) is 0 Å². The van der Waals surface area contributed by atoms with Crippen molar-refractivity contribution in [2.75, 3.05) is 13.2 Å². The van der Waals surface area contributed by atoms with Gasteiger partial charge in [-0.1, -0.05) is 20.3 Å². The van der Waals surface area contributed by atoms with E-state index in [4.69, 9.17) is 5.11 Å². The third-order valence-corrected chi connectivity index (χ3v) is 4.11. The van der Waals surface area contributed by atoms with Gasteiger partial charge in [0.25, 0.3) is 0 Å². The van der Waals surface area contributed by atoms with Gasteiger partial charge in [0.1, 0.15) is 6.04 Å². The van der Waals surface area contributed by atoms with Crippen molar-refractivity contribution >= 4 is 12.0 Å². The number of aliphatic hydroxyl groups is 1. The fourth-order valence-corrected chi connectivity index (χ4v) is 2.62. The van der Waals surface area contributed by atoms with Crippen LogP contribution in [0.25, 0.3) is 0 Å². The molecule has 116 valence electrons. The molecule has 1 fully saturated rings. The van der Waals surface area contributed by atoms with Crippen LogP contribution in [0.4, 0.5) is 4.79 Å². The van der Waals surface area contributed by atoms with Crippen LogP contribution in [0.15, 0.2) is 0 Å². The Morgan fingerprint density at radius 3 is 2.65 bits per heavy atom. The number of aliphatic hydroxyl groups excluding tert-OH is 1. The van der Waals surface area contributed by atoms with E-state index in [0.717, 1.165) is 19.3 Å². The number of aliphatic carboxylic acids is 1. The summed E-state index contributed by atoms with van der Waals surface area (Å²) in [6.07, 6.45) is 4.08. The van der Waals surface area contributed by atoms with Crippen molar-refractivity contribution < 1.29 is 19.8 Å². The quantitative estimate of drug-likeness (QED) is 0.689. The molecule has 6 nitrogen and oxygen atoms in total. The van der Waals surface area contributed by atoms with Gasteiger partial charge in [0, 0.05) is 19.2 Å². The summed E-state index contributed by atoms with van der Waals surface area (Å²) in [4.78, 5) is 25.2. The van der Waals surface area contributed by atoms with Crippen molar-refractivity contribution in [2.45, 2.75) is 58.0 Å². The summed E-state index contributed by atoms with van der Waals surface area (Å²) in [5.41, 5.74) is 0. The molecule has 2 amide bonds. The standard InChI is InChI=1S/C14H26N2O4/c1-3-10(2)12(13(18)19)15-14(20)16-8-5-4-6-11(16)7-9-17/h10-12,17H,3-9H2,1-2H3,(H,15,20)(H,18,19)/t10?,11?,12-/m0/s1. The molecule has 0 aliphatic carbocycles. The zero-order valence-corrected chi connectivity index (χ0v) is 12.3. The number of carboxylic acids is 1. The summed E-state index contributed by atoms with van der Waals surface area (Å²) < 4.78 is 0. The number of piperidine rings is 1. The number of carbonyl (C=O) groups is 2. The first kappa shape index (κ1) is 16.8. The third kappa shape index (κ3) is 4.37. The van der Waals surface area contributed by atoms with Gasteiger partial charge in [-0.3, -0.25) is 0 Å². The average Bonchev–Trinajstić information content (AvgIpc) is 2.44. The Morgan fingerprint density at radius 1 is 1.40 bits per heavy atom. The van der Waals surface area contributed by atoms with Crippen molar-refractivity contribution in [2.24, 2.45) is 5.92 Å². The second kappa shape index (κ2) is 8.09. The lowest BCUT2D eigenvalue weighted by Gasteiger charge is -2.36. The monoisotopic (exact) mass is 286 g/mol. The van der Waals surface area contributed by atoms with E-state index in [-0.39, 0.29) is 24.6 Å². The lowest BCUT2D eigenvalue weighted by Crippen LogP contribution is -2.54. The van der Waals surface area contributed by atoms with Crippen LogP contribution in [0.2, 0.25) is 0 Å². The summed E-state index contributed by atoms with van der Waals surface area (Å²) in [5, 5.41) is 20.9. The fourth-order valence-electron chi connectivity index (χ4n) is 2.62. The minimum absolute atomic E-state index is 0.0140. The molecular formula is C14H26N2O4. The number of nitrogens with one attached hydrogen (secondary N) is 1. The molecule has 2 unspecified atom stereocenters. The maximum absolute atomic E-state index is 12.3. The van der Waals surface area contributed by atoms with Crippen LogP contribution in [-0.2, 0) is 4.79 Å². The van der Waals surface area contributed by atoms with Crippen LogP contribution in [0.5, 0.6) is 0 Å². The number of likely N-dealkylation sites (tertiary alicyclic amines) is 1. The Bertz CT molecular complexity index is 333. The molecule has 0 saturated carbocycles. The number of hydrogen-bond acceptors (Lipinski definition) is 3. The minimum Gasteiger partial charge on any atom is -0.480 e. The van der Waals surface area contributed by atoms with Crippen LogP contribution in [0.3, 0.4) is 0 Å². The highest BCUT2D eigenvalue weighted by molar-refractivity contribution is 5.83. The molecule has 0 aromatic heterocycles. The average molecular weight is 286 g/mol.